The fraction of sp³-hybridized carbons (Fsp3) is 0.350. The maximum atomic E-state index is 13.4. The Morgan fingerprint density at radius 3 is 2.32 bits per heavy atom. The van der Waals surface area contributed by atoms with Gasteiger partial charge in [-0.05, 0) is 30.8 Å². The number of nitrogens with one attached hydrogen (secondary N) is 1. The normalized spacial score (nSPS) is 17.3. The number of amides is 1. The Balaban J connectivity index is 1.91. The summed E-state index contributed by atoms with van der Waals surface area (Å²) in [6, 6.07) is 11.8. The van der Waals surface area contributed by atoms with Crippen LogP contribution in [0.2, 0.25) is 5.02 Å². The molecule has 4 nitrogen and oxygen atoms in total. The number of alkyl halides is 3. The average molecular weight is 412 g/mol. The Morgan fingerprint density at radius 1 is 1.07 bits per heavy atom. The fourth-order valence-electron chi connectivity index (χ4n) is 3.30. The lowest BCUT2D eigenvalue weighted by Crippen LogP contribution is -2.48. The van der Waals surface area contributed by atoms with E-state index in [-0.39, 0.29) is 10.7 Å². The van der Waals surface area contributed by atoms with Gasteiger partial charge >= 0.3 is 6.18 Å². The first-order chi connectivity index (χ1) is 13.3. The third-order valence-electron chi connectivity index (χ3n) is 4.81. The number of piperazine rings is 1. The summed E-state index contributed by atoms with van der Waals surface area (Å²) in [5.74, 6) is -0.497. The van der Waals surface area contributed by atoms with Crippen LogP contribution in [-0.4, -0.2) is 48.9 Å². The van der Waals surface area contributed by atoms with E-state index in [4.69, 9.17) is 11.6 Å². The van der Waals surface area contributed by atoms with Gasteiger partial charge in [-0.15, -0.1) is 0 Å². The summed E-state index contributed by atoms with van der Waals surface area (Å²) in [5, 5.41) is 2.44. The van der Waals surface area contributed by atoms with Crippen molar-refractivity contribution in [3.05, 3.63) is 64.7 Å². The summed E-state index contributed by atoms with van der Waals surface area (Å²) < 4.78 is 40.1. The topological polar surface area (TPSA) is 35.6 Å². The van der Waals surface area contributed by atoms with Crippen LogP contribution >= 0.6 is 11.6 Å². The molecule has 1 N–H and O–H groups in total. The first-order valence-electron chi connectivity index (χ1n) is 8.91. The molecule has 1 atom stereocenters. The van der Waals surface area contributed by atoms with Gasteiger partial charge in [-0.25, -0.2) is 0 Å². The molecule has 1 heterocycles. The maximum absolute atomic E-state index is 13.4. The highest BCUT2D eigenvalue weighted by Crippen LogP contribution is 2.37. The van der Waals surface area contributed by atoms with Crippen LogP contribution in [0.4, 0.5) is 18.9 Å². The van der Waals surface area contributed by atoms with Crippen LogP contribution in [0.25, 0.3) is 0 Å². The second-order valence-corrected chi connectivity index (χ2v) is 7.27. The molecule has 1 saturated heterocycles. The summed E-state index contributed by atoms with van der Waals surface area (Å²) in [5.41, 5.74) is -0.512. The van der Waals surface area contributed by atoms with Crippen molar-refractivity contribution in [3.63, 3.8) is 0 Å². The Bertz CT molecular complexity index is 821. The third kappa shape index (κ3) is 4.84. The number of nitrogens with zero attached hydrogens (tertiary/aromatic N) is 2. The monoisotopic (exact) mass is 411 g/mol. The lowest BCUT2D eigenvalue weighted by molar-refractivity contribution is -0.137. The van der Waals surface area contributed by atoms with Gasteiger partial charge in [0.15, 0.2) is 0 Å². The molecular weight excluding hydrogens is 391 g/mol. The number of likely N-dealkylation sites (N-methyl/N-ethyl adjacent to an activating group) is 1. The van der Waals surface area contributed by atoms with Gasteiger partial charge in [-0.1, -0.05) is 41.9 Å². The van der Waals surface area contributed by atoms with E-state index in [0.29, 0.717) is 13.1 Å². The summed E-state index contributed by atoms with van der Waals surface area (Å²) in [4.78, 5) is 17.2. The standard InChI is InChI=1S/C20H21ClF3N3O/c1-26-9-11-27(12-10-26)18(14-5-3-2-4-6-14)19(28)25-17-8-7-15(21)13-16(17)20(22,23)24/h2-8,13,18H,9-12H2,1H3,(H,25,28)/t18-/m1/s1. The van der Waals surface area contributed by atoms with Gasteiger partial charge in [0.1, 0.15) is 6.04 Å². The van der Waals surface area contributed by atoms with E-state index in [1.54, 1.807) is 0 Å². The molecule has 0 bridgehead atoms. The smallest absolute Gasteiger partial charge is 0.324 e. The fourth-order valence-corrected chi connectivity index (χ4v) is 3.48. The van der Waals surface area contributed by atoms with Crippen molar-refractivity contribution >= 4 is 23.2 Å². The minimum Gasteiger partial charge on any atom is -0.324 e. The van der Waals surface area contributed by atoms with Gasteiger partial charge < -0.3 is 10.2 Å². The van der Waals surface area contributed by atoms with E-state index in [1.165, 1.54) is 12.1 Å². The van der Waals surface area contributed by atoms with Gasteiger partial charge in [0, 0.05) is 31.2 Å². The SMILES string of the molecule is CN1CCN([C@@H](C(=O)Nc2ccc(Cl)cc2C(F)(F)F)c2ccccc2)CC1. The Hall–Kier alpha value is -2.09. The lowest BCUT2D eigenvalue weighted by Gasteiger charge is -2.37. The van der Waals surface area contributed by atoms with Crippen molar-refractivity contribution in [3.8, 4) is 0 Å². The number of rotatable bonds is 4. The van der Waals surface area contributed by atoms with Crippen LogP contribution in [-0.2, 0) is 11.0 Å². The molecule has 0 aromatic heterocycles. The number of anilines is 1. The average Bonchev–Trinajstić information content (AvgIpc) is 2.65. The van der Waals surface area contributed by atoms with E-state index in [9.17, 15) is 18.0 Å². The maximum Gasteiger partial charge on any atom is 0.418 e. The molecule has 1 aliphatic rings. The highest BCUT2D eigenvalue weighted by Gasteiger charge is 2.36. The van der Waals surface area contributed by atoms with Crippen molar-refractivity contribution in [2.24, 2.45) is 0 Å². The van der Waals surface area contributed by atoms with E-state index < -0.39 is 23.7 Å². The van der Waals surface area contributed by atoms with Gasteiger partial charge in [0.2, 0.25) is 5.91 Å². The molecule has 0 saturated carbocycles. The number of benzene rings is 2. The molecule has 1 amide bonds. The van der Waals surface area contributed by atoms with Crippen molar-refractivity contribution in [2.75, 3.05) is 38.5 Å². The predicted octanol–water partition coefficient (Wildman–Crippen LogP) is 4.29. The molecule has 3 rings (SSSR count). The van der Waals surface area contributed by atoms with E-state index >= 15 is 0 Å². The van der Waals surface area contributed by atoms with E-state index in [0.717, 1.165) is 24.7 Å². The van der Waals surface area contributed by atoms with Crippen LogP contribution in [0.5, 0.6) is 0 Å². The number of carbonyl (C=O) groups excluding carboxylic acids is 1. The Morgan fingerprint density at radius 2 is 1.71 bits per heavy atom. The van der Waals surface area contributed by atoms with E-state index in [1.807, 2.05) is 42.3 Å². The molecule has 0 radical (unpaired) electrons. The largest absolute Gasteiger partial charge is 0.418 e. The first kappa shape index (κ1) is 20.6. The van der Waals surface area contributed by atoms with Gasteiger partial charge in [0.25, 0.3) is 0 Å². The van der Waals surface area contributed by atoms with E-state index in [2.05, 4.69) is 10.2 Å². The van der Waals surface area contributed by atoms with Crippen molar-refractivity contribution < 1.29 is 18.0 Å². The first-order valence-corrected chi connectivity index (χ1v) is 9.28. The van der Waals surface area contributed by atoms with Gasteiger partial charge in [-0.2, -0.15) is 13.2 Å². The molecular formula is C20H21ClF3N3O. The van der Waals surface area contributed by atoms with Crippen LogP contribution in [0.3, 0.4) is 0 Å². The lowest BCUT2D eigenvalue weighted by atomic mass is 10.0. The van der Waals surface area contributed by atoms with Crippen molar-refractivity contribution in [1.82, 2.24) is 9.80 Å². The van der Waals surface area contributed by atoms with Gasteiger partial charge in [0.05, 0.1) is 11.3 Å². The van der Waals surface area contributed by atoms with Crippen LogP contribution in [0, 0.1) is 0 Å². The third-order valence-corrected chi connectivity index (χ3v) is 5.05. The van der Waals surface area contributed by atoms with Crippen LogP contribution in [0.15, 0.2) is 48.5 Å². The molecule has 8 heteroatoms. The number of halogens is 4. The minimum absolute atomic E-state index is 0.0380. The minimum atomic E-state index is -4.62. The second kappa shape index (κ2) is 8.51. The number of carbonyl (C=O) groups is 1. The predicted molar refractivity (Wildman–Crippen MR) is 103 cm³/mol. The summed E-state index contributed by atoms with van der Waals surface area (Å²) in [7, 11) is 2.00. The molecule has 0 unspecified atom stereocenters. The summed E-state index contributed by atoms with van der Waals surface area (Å²) in [6.45, 7) is 2.86. The number of hydrogen-bond donors (Lipinski definition) is 1. The zero-order valence-corrected chi connectivity index (χ0v) is 16.1. The molecule has 2 aromatic carbocycles. The zero-order valence-electron chi connectivity index (χ0n) is 15.3. The molecule has 0 spiro atoms. The van der Waals surface area contributed by atoms with Gasteiger partial charge in [-0.3, -0.25) is 9.69 Å². The Kier molecular flexibility index (Phi) is 6.27. The zero-order chi connectivity index (χ0) is 20.3. The molecule has 2 aromatic rings. The van der Waals surface area contributed by atoms with Crippen molar-refractivity contribution in [2.45, 2.75) is 12.2 Å². The summed E-state index contributed by atoms with van der Waals surface area (Å²) >= 11 is 5.73. The molecule has 150 valence electrons. The number of hydrogen-bond acceptors (Lipinski definition) is 3. The quantitative estimate of drug-likeness (QED) is 0.815. The summed E-state index contributed by atoms with van der Waals surface area (Å²) in [6.07, 6.45) is -4.62. The molecule has 28 heavy (non-hydrogen) atoms. The van der Waals surface area contributed by atoms with Crippen molar-refractivity contribution in [1.29, 1.82) is 0 Å². The molecule has 0 aliphatic carbocycles. The second-order valence-electron chi connectivity index (χ2n) is 6.83. The van der Waals surface area contributed by atoms with Crippen LogP contribution in [0.1, 0.15) is 17.2 Å². The Labute approximate surface area is 166 Å². The molecule has 1 fully saturated rings. The highest BCUT2D eigenvalue weighted by molar-refractivity contribution is 6.30. The van der Waals surface area contributed by atoms with Crippen LogP contribution < -0.4 is 5.32 Å². The highest BCUT2D eigenvalue weighted by atomic mass is 35.5. The molecule has 1 aliphatic heterocycles.